The molecular formula is C27H39N3O6S. The minimum atomic E-state index is -3.86. The Morgan fingerprint density at radius 1 is 1.03 bits per heavy atom. The lowest BCUT2D eigenvalue weighted by Crippen LogP contribution is -2.52. The number of carbonyl (C=O) groups excluding carboxylic acids is 2. The number of carbonyl (C=O) groups is 2. The molecule has 0 fully saturated rings. The van der Waals surface area contributed by atoms with Gasteiger partial charge in [-0.05, 0) is 42.5 Å². The van der Waals surface area contributed by atoms with Crippen molar-refractivity contribution < 1.29 is 27.5 Å². The van der Waals surface area contributed by atoms with E-state index in [9.17, 15) is 18.0 Å². The number of methoxy groups -OCH3 is 2. The van der Waals surface area contributed by atoms with E-state index in [1.165, 1.54) is 25.2 Å². The van der Waals surface area contributed by atoms with Crippen LogP contribution in [0, 0.1) is 12.8 Å². The number of aryl methyl sites for hydroxylation is 1. The van der Waals surface area contributed by atoms with Crippen LogP contribution < -0.4 is 19.1 Å². The number of amides is 2. The molecule has 2 aromatic carbocycles. The topological polar surface area (TPSA) is 105 Å². The third-order valence-corrected chi connectivity index (χ3v) is 7.15. The van der Waals surface area contributed by atoms with Crippen molar-refractivity contribution in [1.29, 1.82) is 0 Å². The molecule has 37 heavy (non-hydrogen) atoms. The molecule has 0 aliphatic rings. The minimum Gasteiger partial charge on any atom is -0.493 e. The number of benzene rings is 2. The molecule has 2 amide bonds. The molecule has 0 unspecified atom stereocenters. The summed E-state index contributed by atoms with van der Waals surface area (Å²) >= 11 is 0. The van der Waals surface area contributed by atoms with Crippen LogP contribution in [0.2, 0.25) is 0 Å². The van der Waals surface area contributed by atoms with Gasteiger partial charge in [0.1, 0.15) is 12.6 Å². The Morgan fingerprint density at radius 3 is 2.22 bits per heavy atom. The van der Waals surface area contributed by atoms with Gasteiger partial charge in [0.2, 0.25) is 21.8 Å². The lowest BCUT2D eigenvalue weighted by Gasteiger charge is -2.33. The molecular weight excluding hydrogens is 494 g/mol. The highest BCUT2D eigenvalue weighted by atomic mass is 32.2. The second-order valence-electron chi connectivity index (χ2n) is 9.32. The monoisotopic (exact) mass is 533 g/mol. The molecule has 204 valence electrons. The highest BCUT2D eigenvalue weighted by molar-refractivity contribution is 7.92. The van der Waals surface area contributed by atoms with Crippen molar-refractivity contribution in [3.8, 4) is 11.5 Å². The average Bonchev–Trinajstić information content (AvgIpc) is 2.85. The number of anilines is 1. The predicted octanol–water partition coefficient (Wildman–Crippen LogP) is 3.36. The molecule has 0 aliphatic heterocycles. The van der Waals surface area contributed by atoms with Crippen molar-refractivity contribution >= 4 is 27.5 Å². The van der Waals surface area contributed by atoms with E-state index in [1.54, 1.807) is 12.1 Å². The van der Waals surface area contributed by atoms with Crippen LogP contribution in [0.25, 0.3) is 0 Å². The van der Waals surface area contributed by atoms with Crippen molar-refractivity contribution in [3.05, 3.63) is 53.6 Å². The molecule has 2 aromatic rings. The standard InChI is InChI=1S/C27H39N3O6S/c1-8-23(27(32)28-16-19(2)3)29(17-21-12-10-9-11-20(21)4)26(31)18-30(37(7,33)34)22-13-14-24(35-5)25(15-22)36-6/h9-15,19,23H,8,16-18H2,1-7H3,(H,28,32)/t23-/m1/s1. The number of ether oxygens (including phenoxy) is 2. The van der Waals surface area contributed by atoms with E-state index >= 15 is 0 Å². The summed E-state index contributed by atoms with van der Waals surface area (Å²) in [6.07, 6.45) is 1.41. The fourth-order valence-corrected chi connectivity index (χ4v) is 4.75. The van der Waals surface area contributed by atoms with E-state index in [0.29, 0.717) is 24.5 Å². The van der Waals surface area contributed by atoms with Crippen LogP contribution in [0.3, 0.4) is 0 Å². The number of sulfonamides is 1. The summed E-state index contributed by atoms with van der Waals surface area (Å²) in [4.78, 5) is 28.4. The molecule has 0 saturated carbocycles. The molecule has 1 atom stereocenters. The maximum Gasteiger partial charge on any atom is 0.244 e. The SMILES string of the molecule is CC[C@H](C(=O)NCC(C)C)N(Cc1ccccc1C)C(=O)CN(c1ccc(OC)c(OC)c1)S(C)(=O)=O. The van der Waals surface area contributed by atoms with Crippen molar-refractivity contribution in [2.75, 3.05) is 37.9 Å². The van der Waals surface area contributed by atoms with Crippen LogP contribution in [0.1, 0.15) is 38.3 Å². The molecule has 0 aliphatic carbocycles. The van der Waals surface area contributed by atoms with Gasteiger partial charge in [0, 0.05) is 19.2 Å². The Kier molecular flexibility index (Phi) is 10.8. The number of hydrogen-bond acceptors (Lipinski definition) is 6. The lowest BCUT2D eigenvalue weighted by atomic mass is 10.1. The Labute approximate surface area is 220 Å². The van der Waals surface area contributed by atoms with Gasteiger partial charge in [-0.2, -0.15) is 0 Å². The molecule has 9 nitrogen and oxygen atoms in total. The van der Waals surface area contributed by atoms with Gasteiger partial charge in [0.15, 0.2) is 11.5 Å². The van der Waals surface area contributed by atoms with Crippen molar-refractivity contribution in [3.63, 3.8) is 0 Å². The molecule has 0 bridgehead atoms. The molecule has 0 aromatic heterocycles. The molecule has 0 saturated heterocycles. The highest BCUT2D eigenvalue weighted by Gasteiger charge is 2.32. The zero-order valence-corrected chi connectivity index (χ0v) is 23.6. The van der Waals surface area contributed by atoms with E-state index in [1.807, 2.05) is 52.0 Å². The van der Waals surface area contributed by atoms with E-state index < -0.39 is 28.5 Å². The predicted molar refractivity (Wildman–Crippen MR) is 145 cm³/mol. The van der Waals surface area contributed by atoms with Crippen LogP contribution in [-0.4, -0.2) is 64.7 Å². The van der Waals surface area contributed by atoms with E-state index in [4.69, 9.17) is 9.47 Å². The Hall–Kier alpha value is -3.27. The van der Waals surface area contributed by atoms with Gasteiger partial charge in [-0.25, -0.2) is 8.42 Å². The van der Waals surface area contributed by atoms with Crippen LogP contribution in [-0.2, 0) is 26.2 Å². The molecule has 0 heterocycles. The smallest absolute Gasteiger partial charge is 0.244 e. The number of hydrogen-bond donors (Lipinski definition) is 1. The van der Waals surface area contributed by atoms with Gasteiger partial charge in [-0.3, -0.25) is 13.9 Å². The summed E-state index contributed by atoms with van der Waals surface area (Å²) in [6.45, 7) is 7.92. The normalized spacial score (nSPS) is 12.1. The Balaban J connectivity index is 2.48. The van der Waals surface area contributed by atoms with Gasteiger partial charge in [-0.15, -0.1) is 0 Å². The minimum absolute atomic E-state index is 0.169. The summed E-state index contributed by atoms with van der Waals surface area (Å²) in [5.74, 6) is 0.246. The molecule has 0 spiro atoms. The first-order valence-corrected chi connectivity index (χ1v) is 14.1. The Morgan fingerprint density at radius 2 is 1.68 bits per heavy atom. The number of rotatable bonds is 13. The number of nitrogens with zero attached hydrogens (tertiary/aromatic N) is 2. The van der Waals surface area contributed by atoms with Gasteiger partial charge in [0.05, 0.1) is 26.2 Å². The summed E-state index contributed by atoms with van der Waals surface area (Å²) in [5.41, 5.74) is 2.10. The first-order valence-electron chi connectivity index (χ1n) is 12.2. The van der Waals surface area contributed by atoms with Gasteiger partial charge >= 0.3 is 0 Å². The highest BCUT2D eigenvalue weighted by Crippen LogP contribution is 2.32. The number of nitrogens with one attached hydrogen (secondary N) is 1. The maximum atomic E-state index is 13.8. The quantitative estimate of drug-likeness (QED) is 0.423. The van der Waals surface area contributed by atoms with Crippen molar-refractivity contribution in [2.24, 2.45) is 5.92 Å². The Bertz CT molecular complexity index is 1180. The largest absolute Gasteiger partial charge is 0.493 e. The lowest BCUT2D eigenvalue weighted by molar-refractivity contribution is -0.140. The summed E-state index contributed by atoms with van der Waals surface area (Å²) in [6, 6.07) is 11.5. The average molecular weight is 534 g/mol. The first kappa shape index (κ1) is 30.0. The van der Waals surface area contributed by atoms with Gasteiger partial charge < -0.3 is 19.7 Å². The summed E-state index contributed by atoms with van der Waals surface area (Å²) in [7, 11) is -0.930. The first-order chi connectivity index (χ1) is 17.4. The van der Waals surface area contributed by atoms with Crippen LogP contribution in [0.15, 0.2) is 42.5 Å². The fourth-order valence-electron chi connectivity index (χ4n) is 3.91. The zero-order valence-electron chi connectivity index (χ0n) is 22.8. The molecule has 0 radical (unpaired) electrons. The van der Waals surface area contributed by atoms with Gasteiger partial charge in [-0.1, -0.05) is 45.0 Å². The summed E-state index contributed by atoms with van der Waals surface area (Å²) in [5, 5.41) is 2.92. The van der Waals surface area contributed by atoms with Crippen LogP contribution in [0.5, 0.6) is 11.5 Å². The van der Waals surface area contributed by atoms with E-state index in [2.05, 4.69) is 5.32 Å². The summed E-state index contributed by atoms with van der Waals surface area (Å²) < 4.78 is 37.2. The second-order valence-corrected chi connectivity index (χ2v) is 11.2. The van der Waals surface area contributed by atoms with E-state index in [0.717, 1.165) is 21.7 Å². The molecule has 2 rings (SSSR count). The van der Waals surface area contributed by atoms with Crippen LogP contribution >= 0.6 is 0 Å². The maximum absolute atomic E-state index is 13.8. The molecule has 10 heteroatoms. The van der Waals surface area contributed by atoms with Crippen molar-refractivity contribution in [2.45, 2.75) is 46.7 Å². The third kappa shape index (κ3) is 8.11. The third-order valence-electron chi connectivity index (χ3n) is 6.01. The van der Waals surface area contributed by atoms with Gasteiger partial charge in [0.25, 0.3) is 0 Å². The van der Waals surface area contributed by atoms with Crippen LogP contribution in [0.4, 0.5) is 5.69 Å². The molecule has 1 N–H and O–H groups in total. The van der Waals surface area contributed by atoms with Crippen molar-refractivity contribution in [1.82, 2.24) is 10.2 Å². The fraction of sp³-hybridized carbons (Fsp3) is 0.481. The second kappa shape index (κ2) is 13.3. The van der Waals surface area contributed by atoms with E-state index in [-0.39, 0.29) is 24.1 Å². The zero-order chi connectivity index (χ0) is 27.8.